The van der Waals surface area contributed by atoms with Gasteiger partial charge in [0.2, 0.25) is 6.29 Å². The number of nitrogens with zero attached hydrogens (tertiary/aromatic N) is 5. The van der Waals surface area contributed by atoms with Crippen LogP contribution < -0.4 is 20.0 Å². The zero-order valence-corrected chi connectivity index (χ0v) is 27.1. The van der Waals surface area contributed by atoms with Gasteiger partial charge in [0, 0.05) is 24.8 Å². The fraction of sp³-hybridized carbons (Fsp3) is 0.550. The van der Waals surface area contributed by atoms with Crippen LogP contribution in [-0.4, -0.2) is 71.3 Å². The summed E-state index contributed by atoms with van der Waals surface area (Å²) in [6, 6.07) is 0. The quantitative estimate of drug-likeness (QED) is 0.157. The highest BCUT2D eigenvalue weighted by molar-refractivity contribution is 7.71. The molecule has 3 N–H and O–H groups in total. The average molecular weight is 712 g/mol. The summed E-state index contributed by atoms with van der Waals surface area (Å²) in [6.07, 6.45) is -4.87. The number of phosphoric acid groups is 3. The van der Waals surface area contributed by atoms with Crippen LogP contribution in [-0.2, 0) is 59.4 Å². The lowest BCUT2D eigenvalue weighted by atomic mass is 10.1. The molecule has 25 heteroatoms. The smallest absolute Gasteiger partial charge is 0.280 e. The molecule has 0 radical (unpaired) electrons. The third-order valence-corrected chi connectivity index (χ3v) is 10.8. The van der Waals surface area contributed by atoms with Gasteiger partial charge in [-0.3, -0.25) is 27.7 Å². The van der Waals surface area contributed by atoms with Crippen molar-refractivity contribution < 1.29 is 65.4 Å². The molecule has 0 saturated carbocycles. The van der Waals surface area contributed by atoms with Gasteiger partial charge >= 0.3 is 0 Å². The number of hydrogen-bond acceptors (Lipinski definition) is 17. The van der Waals surface area contributed by atoms with Crippen LogP contribution in [0.5, 0.6) is 0 Å². The van der Waals surface area contributed by atoms with Crippen molar-refractivity contribution in [2.75, 3.05) is 6.61 Å². The van der Waals surface area contributed by atoms with E-state index in [1.54, 1.807) is 25.6 Å². The summed E-state index contributed by atoms with van der Waals surface area (Å²) >= 11 is 5.27. The van der Waals surface area contributed by atoms with Crippen molar-refractivity contribution in [2.24, 2.45) is 7.05 Å². The Bertz CT molecular complexity index is 1840. The number of H-pyrrole nitrogens is 1. The molecule has 2 fully saturated rings. The van der Waals surface area contributed by atoms with Gasteiger partial charge in [0.15, 0.2) is 10.9 Å². The molecule has 0 bridgehead atoms. The van der Waals surface area contributed by atoms with Gasteiger partial charge in [0.1, 0.15) is 35.3 Å². The van der Waals surface area contributed by atoms with Crippen LogP contribution >= 0.6 is 35.7 Å². The molecule has 45 heavy (non-hydrogen) atoms. The highest BCUT2D eigenvalue weighted by atomic mass is 32.1. The average Bonchev–Trinajstić information content (AvgIpc) is 3.63. The summed E-state index contributed by atoms with van der Waals surface area (Å²) in [6.45, 7) is 4.41. The molecule has 2 aliphatic heterocycles. The fourth-order valence-electron chi connectivity index (χ4n) is 4.84. The van der Waals surface area contributed by atoms with E-state index in [0.29, 0.717) is 22.7 Å². The summed E-state index contributed by atoms with van der Waals surface area (Å²) in [4.78, 5) is 67.6. The molecule has 5 heterocycles. The molecule has 3 aromatic rings. The van der Waals surface area contributed by atoms with Crippen molar-refractivity contribution >= 4 is 52.8 Å². The summed E-state index contributed by atoms with van der Waals surface area (Å²) < 4.78 is 67.1. The fourth-order valence-corrected chi connectivity index (χ4v) is 8.02. The first-order valence-electron chi connectivity index (χ1n) is 12.7. The normalized spacial score (nSPS) is 27.2. The second-order valence-electron chi connectivity index (χ2n) is 9.89. The van der Waals surface area contributed by atoms with Gasteiger partial charge in [-0.1, -0.05) is 12.2 Å². The van der Waals surface area contributed by atoms with Crippen molar-refractivity contribution in [2.45, 2.75) is 58.1 Å². The number of imidazole rings is 1. The summed E-state index contributed by atoms with van der Waals surface area (Å²) in [5, 5.41) is 7.01. The number of fused-ring (bicyclic) bond motifs is 2. The minimum absolute atomic E-state index is 0.0997. The number of nitrogens with one attached hydrogen (secondary N) is 2. The Morgan fingerprint density at radius 3 is 2.47 bits per heavy atom. The number of carbonyl (C=O) groups is 1. The van der Waals surface area contributed by atoms with E-state index in [2.05, 4.69) is 38.5 Å². The van der Waals surface area contributed by atoms with Gasteiger partial charge in [-0.05, 0) is 20.8 Å². The molecule has 248 valence electrons. The molecule has 3 aromatic heterocycles. The number of carbonyl (C=O) groups excluding carboxylic acids is 1. The zero-order valence-electron chi connectivity index (χ0n) is 23.6. The van der Waals surface area contributed by atoms with E-state index in [0.717, 1.165) is 11.3 Å². The molecule has 7 unspecified atom stereocenters. The molecule has 0 aliphatic carbocycles. The maximum absolute atomic E-state index is 13.1. The number of rotatable bonds is 11. The molecule has 21 nitrogen and oxygen atoms in total. The Hall–Kier alpha value is -2.26. The molecule has 2 aliphatic rings. The van der Waals surface area contributed by atoms with Crippen molar-refractivity contribution in [1.82, 2.24) is 34.6 Å². The predicted molar refractivity (Wildman–Crippen MR) is 143 cm³/mol. The highest BCUT2D eigenvalue weighted by Crippen LogP contribution is 2.61. The van der Waals surface area contributed by atoms with Crippen molar-refractivity contribution in [3.05, 3.63) is 33.7 Å². The topological polar surface area (TPSA) is 289 Å². The molecule has 0 spiro atoms. The number of ether oxygens (including phenoxy) is 3. The summed E-state index contributed by atoms with van der Waals surface area (Å²) in [7, 11) is -16.1. The molecular weight excluding hydrogens is 687 g/mol. The van der Waals surface area contributed by atoms with E-state index < -0.39 is 66.8 Å². The first-order chi connectivity index (χ1) is 20.8. The second kappa shape index (κ2) is 12.4. The maximum Gasteiger partial charge on any atom is 0.280 e. The molecular formula is C20H25N7O14P3S-3. The van der Waals surface area contributed by atoms with Gasteiger partial charge in [-0.2, -0.15) is 5.10 Å². The monoisotopic (exact) mass is 712 g/mol. The van der Waals surface area contributed by atoms with Gasteiger partial charge in [-0.25, -0.2) is 18.6 Å². The lowest BCUT2D eigenvalue weighted by molar-refractivity contribution is -0.250. The standard InChI is InChI=1S/C20H28N7O14P3S/c1-8-11(9(2)26(4)25-8)5-21-17(28)20-38-14-12(6-36-43(32,33)41-44(34,35)40-42(29,30)31)37-19(15(14)39-20)27-7-22-13-16(27)23-10(3)24-18(13)45/h7,12,14-15,19-20H,5-6H2,1-4H3,(H,21,28)(H,32,33)(H,34,35)(H,23,24,45)(H2,29,30,31)/p-3/t12?,14?,15?,19?,20-/m1/s1. The van der Waals surface area contributed by atoms with E-state index >= 15 is 0 Å². The minimum atomic E-state index is -6.13. The molecule has 8 atom stereocenters. The number of amides is 1. The highest BCUT2D eigenvalue weighted by Gasteiger charge is 2.55. The van der Waals surface area contributed by atoms with Crippen molar-refractivity contribution in [3.63, 3.8) is 0 Å². The van der Waals surface area contributed by atoms with E-state index in [1.807, 2.05) is 6.92 Å². The van der Waals surface area contributed by atoms with Crippen LogP contribution in [0.15, 0.2) is 6.33 Å². The largest absolute Gasteiger partial charge is 0.756 e. The summed E-state index contributed by atoms with van der Waals surface area (Å²) in [5.74, 6) is -0.238. The van der Waals surface area contributed by atoms with E-state index in [9.17, 15) is 33.2 Å². The minimum Gasteiger partial charge on any atom is -0.756 e. The Balaban J connectivity index is 1.36. The predicted octanol–water partition coefficient (Wildman–Crippen LogP) is -1.08. The van der Waals surface area contributed by atoms with E-state index in [1.165, 1.54) is 10.9 Å². The first kappa shape index (κ1) is 34.1. The van der Waals surface area contributed by atoms with Gasteiger partial charge < -0.3 is 48.6 Å². The van der Waals surface area contributed by atoms with Crippen molar-refractivity contribution in [1.29, 1.82) is 0 Å². The number of phosphoric ester groups is 1. The number of aromatic amines is 1. The van der Waals surface area contributed by atoms with Gasteiger partial charge in [0.05, 0.1) is 18.6 Å². The lowest BCUT2D eigenvalue weighted by Crippen LogP contribution is -2.38. The number of hydrogen-bond donors (Lipinski definition) is 3. The van der Waals surface area contributed by atoms with E-state index in [4.69, 9.17) is 31.3 Å². The maximum atomic E-state index is 13.1. The van der Waals surface area contributed by atoms with Crippen molar-refractivity contribution in [3.8, 4) is 0 Å². The number of aromatic nitrogens is 6. The lowest BCUT2D eigenvalue weighted by Gasteiger charge is -2.33. The van der Waals surface area contributed by atoms with Gasteiger partial charge in [0.25, 0.3) is 29.4 Å². The second-order valence-corrected chi connectivity index (χ2v) is 14.6. The van der Waals surface area contributed by atoms with Gasteiger partial charge in [-0.15, -0.1) is 0 Å². The van der Waals surface area contributed by atoms with Crippen LogP contribution in [0.4, 0.5) is 0 Å². The Kier molecular flexibility index (Phi) is 9.39. The van der Waals surface area contributed by atoms with Crippen LogP contribution in [0.3, 0.4) is 0 Å². The Morgan fingerprint density at radius 2 is 1.82 bits per heavy atom. The number of aryl methyl sites for hydroxylation is 3. The molecule has 5 rings (SSSR count). The van der Waals surface area contributed by atoms with Crippen LogP contribution in [0.1, 0.15) is 29.0 Å². The third-order valence-electron chi connectivity index (χ3n) is 6.80. The zero-order chi connectivity index (χ0) is 33.1. The van der Waals surface area contributed by atoms with E-state index in [-0.39, 0.29) is 11.2 Å². The Labute approximate surface area is 258 Å². The summed E-state index contributed by atoms with van der Waals surface area (Å²) in [5.41, 5.74) is 2.96. The SMILES string of the molecule is Cc1nc(=S)c2ncn(C3OC(COP(=O)([O-])OP(=O)([O-])OP(=O)([O-])O)C4O[C@@H](C(=O)NCc5c(C)nn(C)c5C)OC43)c2[nH]1. The first-order valence-corrected chi connectivity index (χ1v) is 17.6. The third kappa shape index (κ3) is 7.50. The Morgan fingerprint density at radius 1 is 1.13 bits per heavy atom. The van der Waals surface area contributed by atoms with Crippen LogP contribution in [0.2, 0.25) is 0 Å². The molecule has 2 saturated heterocycles. The molecule has 1 amide bonds. The van der Waals surface area contributed by atoms with Crippen LogP contribution in [0, 0.1) is 25.4 Å². The molecule has 0 aromatic carbocycles. The van der Waals surface area contributed by atoms with Crippen LogP contribution in [0.25, 0.3) is 11.2 Å².